The summed E-state index contributed by atoms with van der Waals surface area (Å²) < 4.78 is 0. The maximum atomic E-state index is 3.59. The van der Waals surface area contributed by atoms with Crippen LogP contribution in [0.25, 0.3) is 0 Å². The monoisotopic (exact) mass is 290 g/mol. The summed E-state index contributed by atoms with van der Waals surface area (Å²) >= 11 is 3.59. The normalized spacial score (nSPS) is 21.1. The van der Waals surface area contributed by atoms with E-state index in [4.69, 9.17) is 0 Å². The summed E-state index contributed by atoms with van der Waals surface area (Å²) in [6, 6.07) is 10.9. The molecule has 1 aromatic rings. The van der Waals surface area contributed by atoms with Crippen molar-refractivity contribution in [2.24, 2.45) is 5.92 Å². The van der Waals surface area contributed by atoms with Crippen LogP contribution < -0.4 is 0 Å². The average Bonchev–Trinajstić information content (AvgIpc) is 2.37. The number of hydrogen-bond acceptors (Lipinski definition) is 0. The van der Waals surface area contributed by atoms with Gasteiger partial charge >= 0.3 is 0 Å². The number of alkyl halides is 1. The number of benzene rings is 1. The fourth-order valence-electron chi connectivity index (χ4n) is 2.60. The molecule has 0 radical (unpaired) electrons. The first-order chi connectivity index (χ1) is 8.31. The highest BCUT2D eigenvalue weighted by atomic mass is 79.9. The van der Waals surface area contributed by atoms with E-state index in [2.05, 4.69) is 71.4 Å². The van der Waals surface area contributed by atoms with Crippen LogP contribution in [0.1, 0.15) is 31.2 Å². The molecule has 0 fully saturated rings. The Bertz CT molecular complexity index is 403. The molecule has 0 N–H and O–H groups in total. The molecule has 1 aliphatic rings. The van der Waals surface area contributed by atoms with Crippen LogP contribution >= 0.6 is 15.9 Å². The summed E-state index contributed by atoms with van der Waals surface area (Å²) in [6.07, 6.45) is 9.34. The lowest BCUT2D eigenvalue weighted by molar-refractivity contribution is 0.496. The Morgan fingerprint density at radius 1 is 1.29 bits per heavy atom. The van der Waals surface area contributed by atoms with E-state index in [1.165, 1.54) is 24.0 Å². The molecular formula is C16H19Br. The topological polar surface area (TPSA) is 0 Å². The van der Waals surface area contributed by atoms with Crippen LogP contribution in [0.15, 0.2) is 54.1 Å². The third-order valence-electron chi connectivity index (χ3n) is 3.43. The summed E-state index contributed by atoms with van der Waals surface area (Å²) in [4.78, 5) is 0. The van der Waals surface area contributed by atoms with Gasteiger partial charge in [-0.05, 0) is 37.2 Å². The maximum Gasteiger partial charge on any atom is 0.00373 e. The first-order valence-corrected chi connectivity index (χ1v) is 7.39. The van der Waals surface area contributed by atoms with Gasteiger partial charge in [0.15, 0.2) is 0 Å². The van der Waals surface area contributed by atoms with Crippen molar-refractivity contribution in [2.45, 2.75) is 25.7 Å². The van der Waals surface area contributed by atoms with Crippen LogP contribution in [0, 0.1) is 5.92 Å². The third-order valence-corrected chi connectivity index (χ3v) is 3.89. The quantitative estimate of drug-likeness (QED) is 0.679. The Balaban J connectivity index is 2.21. The standard InChI is InChI=1S/C16H19Br/c1-13-6-5-9-15(12-13)16(10-11-17)14-7-3-2-4-8-14/h2-8,12,15-16H,9-11H2,1H3. The molecule has 0 aromatic heterocycles. The summed E-state index contributed by atoms with van der Waals surface area (Å²) in [7, 11) is 0. The minimum Gasteiger partial charge on any atom is -0.0928 e. The van der Waals surface area contributed by atoms with Crippen LogP contribution in [0.5, 0.6) is 0 Å². The molecule has 17 heavy (non-hydrogen) atoms. The molecule has 1 heteroatoms. The van der Waals surface area contributed by atoms with Crippen molar-refractivity contribution in [3.05, 3.63) is 59.7 Å². The van der Waals surface area contributed by atoms with E-state index in [-0.39, 0.29) is 0 Å². The van der Waals surface area contributed by atoms with Gasteiger partial charge in [-0.2, -0.15) is 0 Å². The largest absolute Gasteiger partial charge is 0.0928 e. The van der Waals surface area contributed by atoms with Gasteiger partial charge in [-0.3, -0.25) is 0 Å². The van der Waals surface area contributed by atoms with Gasteiger partial charge in [0.1, 0.15) is 0 Å². The van der Waals surface area contributed by atoms with Crippen molar-refractivity contribution in [3.8, 4) is 0 Å². The van der Waals surface area contributed by atoms with Crippen molar-refractivity contribution in [1.82, 2.24) is 0 Å². The predicted octanol–water partition coefficient (Wildman–Crippen LogP) is 5.08. The van der Waals surface area contributed by atoms with Gasteiger partial charge in [0, 0.05) is 5.33 Å². The molecule has 0 nitrogen and oxygen atoms in total. The van der Waals surface area contributed by atoms with E-state index < -0.39 is 0 Å². The van der Waals surface area contributed by atoms with Gasteiger partial charge < -0.3 is 0 Å². The first-order valence-electron chi connectivity index (χ1n) is 6.27. The van der Waals surface area contributed by atoms with Crippen LogP contribution in [-0.2, 0) is 0 Å². The first kappa shape index (κ1) is 12.6. The molecular weight excluding hydrogens is 272 g/mol. The Morgan fingerprint density at radius 2 is 2.06 bits per heavy atom. The minimum absolute atomic E-state index is 0.635. The second-order valence-corrected chi connectivity index (χ2v) is 5.50. The molecule has 1 aromatic carbocycles. The zero-order valence-corrected chi connectivity index (χ0v) is 11.9. The zero-order valence-electron chi connectivity index (χ0n) is 10.3. The molecule has 90 valence electrons. The highest BCUT2D eigenvalue weighted by Crippen LogP contribution is 2.34. The lowest BCUT2D eigenvalue weighted by atomic mass is 9.79. The van der Waals surface area contributed by atoms with Crippen LogP contribution in [0.3, 0.4) is 0 Å². The average molecular weight is 291 g/mol. The summed E-state index contributed by atoms with van der Waals surface area (Å²) in [6.45, 7) is 2.19. The van der Waals surface area contributed by atoms with Crippen molar-refractivity contribution in [2.75, 3.05) is 5.33 Å². The van der Waals surface area contributed by atoms with E-state index >= 15 is 0 Å². The number of hydrogen-bond donors (Lipinski definition) is 0. The molecule has 0 saturated carbocycles. The Kier molecular flexibility index (Phi) is 4.61. The molecule has 2 atom stereocenters. The summed E-state index contributed by atoms with van der Waals surface area (Å²) in [5.41, 5.74) is 2.87. The fourth-order valence-corrected chi connectivity index (χ4v) is 3.09. The van der Waals surface area contributed by atoms with E-state index in [0.717, 1.165) is 5.33 Å². The van der Waals surface area contributed by atoms with Crippen molar-refractivity contribution in [3.63, 3.8) is 0 Å². The fraction of sp³-hybridized carbons (Fsp3) is 0.375. The van der Waals surface area contributed by atoms with Gasteiger partial charge in [-0.15, -0.1) is 0 Å². The molecule has 2 rings (SSSR count). The van der Waals surface area contributed by atoms with Gasteiger partial charge in [-0.25, -0.2) is 0 Å². The third kappa shape index (κ3) is 3.32. The summed E-state index contributed by atoms with van der Waals surface area (Å²) in [5, 5.41) is 1.07. The minimum atomic E-state index is 0.635. The summed E-state index contributed by atoms with van der Waals surface area (Å²) in [5.74, 6) is 1.29. The van der Waals surface area contributed by atoms with Crippen LogP contribution in [-0.4, -0.2) is 5.33 Å². The predicted molar refractivity (Wildman–Crippen MR) is 78.6 cm³/mol. The van der Waals surface area contributed by atoms with Crippen molar-refractivity contribution >= 4 is 15.9 Å². The maximum absolute atomic E-state index is 3.59. The Morgan fingerprint density at radius 3 is 2.71 bits per heavy atom. The lowest BCUT2D eigenvalue weighted by Crippen LogP contribution is -2.13. The van der Waals surface area contributed by atoms with Crippen molar-refractivity contribution in [1.29, 1.82) is 0 Å². The highest BCUT2D eigenvalue weighted by molar-refractivity contribution is 9.09. The van der Waals surface area contributed by atoms with E-state index in [0.29, 0.717) is 11.8 Å². The smallest absolute Gasteiger partial charge is 0.00373 e. The zero-order chi connectivity index (χ0) is 12.1. The second kappa shape index (κ2) is 6.20. The molecule has 0 aliphatic heterocycles. The van der Waals surface area contributed by atoms with Gasteiger partial charge in [0.2, 0.25) is 0 Å². The van der Waals surface area contributed by atoms with Gasteiger partial charge in [0.05, 0.1) is 0 Å². The second-order valence-electron chi connectivity index (χ2n) is 4.71. The lowest BCUT2D eigenvalue weighted by Gasteiger charge is -2.26. The molecule has 0 bridgehead atoms. The molecule has 1 aliphatic carbocycles. The number of rotatable bonds is 4. The molecule has 0 spiro atoms. The molecule has 0 heterocycles. The molecule has 0 amide bonds. The van der Waals surface area contributed by atoms with E-state index in [1.807, 2.05) is 0 Å². The van der Waals surface area contributed by atoms with Crippen LogP contribution in [0.2, 0.25) is 0 Å². The number of allylic oxidation sites excluding steroid dienone is 4. The molecule has 0 saturated heterocycles. The Hall–Kier alpha value is -0.820. The number of halogens is 1. The molecule has 2 unspecified atom stereocenters. The van der Waals surface area contributed by atoms with Gasteiger partial charge in [0.25, 0.3) is 0 Å². The van der Waals surface area contributed by atoms with Crippen molar-refractivity contribution < 1.29 is 0 Å². The van der Waals surface area contributed by atoms with Crippen LogP contribution in [0.4, 0.5) is 0 Å². The Labute approximate surface area is 113 Å². The SMILES string of the molecule is CC1=CC(C(CCBr)c2ccccc2)CC=C1. The van der Waals surface area contributed by atoms with E-state index in [9.17, 15) is 0 Å². The van der Waals surface area contributed by atoms with E-state index in [1.54, 1.807) is 0 Å². The highest BCUT2D eigenvalue weighted by Gasteiger charge is 2.21. The van der Waals surface area contributed by atoms with Gasteiger partial charge in [-0.1, -0.05) is 70.1 Å².